The summed E-state index contributed by atoms with van der Waals surface area (Å²) >= 11 is 0. The van der Waals surface area contributed by atoms with Crippen LogP contribution >= 0.6 is 0 Å². The van der Waals surface area contributed by atoms with Crippen LogP contribution in [0.25, 0.3) is 5.65 Å². The number of carbonyl (C=O) groups is 2. The van der Waals surface area contributed by atoms with Gasteiger partial charge in [0.25, 0.3) is 5.56 Å². The largest absolute Gasteiger partial charge is 0.480 e. The number of hydrogen-bond donors (Lipinski definition) is 2. The fourth-order valence-corrected chi connectivity index (χ4v) is 2.88. The molecule has 1 aliphatic rings. The maximum atomic E-state index is 12.4. The molecule has 1 amide bonds. The van der Waals surface area contributed by atoms with Crippen molar-refractivity contribution >= 4 is 17.5 Å². The zero-order valence-corrected chi connectivity index (χ0v) is 12.1. The molecule has 2 aromatic rings. The molecule has 3 rings (SSSR count). The molecular formula is C14H16N4O4. The van der Waals surface area contributed by atoms with Gasteiger partial charge in [0.2, 0.25) is 5.91 Å². The Morgan fingerprint density at radius 3 is 3.00 bits per heavy atom. The highest BCUT2D eigenvalue weighted by atomic mass is 16.4. The third kappa shape index (κ3) is 2.26. The van der Waals surface area contributed by atoms with Crippen molar-refractivity contribution in [2.75, 3.05) is 6.54 Å². The number of fused-ring (bicyclic) bond motifs is 1. The zero-order chi connectivity index (χ0) is 15.9. The minimum Gasteiger partial charge on any atom is -0.480 e. The van der Waals surface area contributed by atoms with E-state index in [1.807, 2.05) is 0 Å². The summed E-state index contributed by atoms with van der Waals surface area (Å²) in [6.07, 6.45) is 2.57. The Hall–Kier alpha value is -2.64. The van der Waals surface area contributed by atoms with Gasteiger partial charge in [0.1, 0.15) is 6.04 Å². The molecule has 2 aromatic heterocycles. The van der Waals surface area contributed by atoms with Crippen LogP contribution < -0.4 is 5.56 Å². The van der Waals surface area contributed by atoms with Crippen molar-refractivity contribution in [3.05, 3.63) is 33.9 Å². The van der Waals surface area contributed by atoms with E-state index in [1.54, 1.807) is 19.2 Å². The predicted molar refractivity (Wildman–Crippen MR) is 76.6 cm³/mol. The highest BCUT2D eigenvalue weighted by Crippen LogP contribution is 2.18. The molecule has 0 aromatic carbocycles. The SMILES string of the molecule is Cc1nc2cc[nH]n2c(=O)c1CC(=O)N1CCC[C@@H]1C(=O)O. The van der Waals surface area contributed by atoms with Gasteiger partial charge >= 0.3 is 5.97 Å². The number of likely N-dealkylation sites (tertiary alicyclic amines) is 1. The van der Waals surface area contributed by atoms with Crippen LogP contribution in [-0.2, 0) is 16.0 Å². The van der Waals surface area contributed by atoms with Gasteiger partial charge in [0.15, 0.2) is 5.65 Å². The first-order chi connectivity index (χ1) is 10.5. The number of aliphatic carboxylic acids is 1. The van der Waals surface area contributed by atoms with E-state index in [0.717, 1.165) is 0 Å². The second-order valence-corrected chi connectivity index (χ2v) is 5.40. The number of nitrogens with zero attached hydrogens (tertiary/aromatic N) is 3. The third-order valence-electron chi connectivity index (χ3n) is 4.03. The minimum atomic E-state index is -1.00. The van der Waals surface area contributed by atoms with E-state index in [2.05, 4.69) is 10.1 Å². The van der Waals surface area contributed by atoms with Crippen LogP contribution in [0.5, 0.6) is 0 Å². The van der Waals surface area contributed by atoms with Gasteiger partial charge in [-0.1, -0.05) is 0 Å². The highest BCUT2D eigenvalue weighted by molar-refractivity contribution is 5.85. The maximum absolute atomic E-state index is 12.4. The van der Waals surface area contributed by atoms with Crippen molar-refractivity contribution in [3.63, 3.8) is 0 Å². The molecule has 1 aliphatic heterocycles. The molecule has 22 heavy (non-hydrogen) atoms. The Morgan fingerprint density at radius 2 is 2.27 bits per heavy atom. The summed E-state index contributed by atoms with van der Waals surface area (Å²) < 4.78 is 1.27. The first kappa shape index (κ1) is 14.3. The maximum Gasteiger partial charge on any atom is 0.326 e. The Labute approximate surface area is 125 Å². The van der Waals surface area contributed by atoms with E-state index < -0.39 is 12.0 Å². The number of carboxylic acids is 1. The number of amides is 1. The van der Waals surface area contributed by atoms with Crippen LogP contribution in [0.2, 0.25) is 0 Å². The van der Waals surface area contributed by atoms with E-state index in [4.69, 9.17) is 5.11 Å². The molecule has 3 heterocycles. The number of H-pyrrole nitrogens is 1. The molecular weight excluding hydrogens is 288 g/mol. The van der Waals surface area contributed by atoms with Gasteiger partial charge < -0.3 is 10.0 Å². The highest BCUT2D eigenvalue weighted by Gasteiger charge is 2.34. The van der Waals surface area contributed by atoms with Crippen molar-refractivity contribution in [2.24, 2.45) is 0 Å². The number of aryl methyl sites for hydroxylation is 1. The van der Waals surface area contributed by atoms with Crippen LogP contribution in [0.3, 0.4) is 0 Å². The van der Waals surface area contributed by atoms with Crippen LogP contribution in [0.15, 0.2) is 17.1 Å². The summed E-state index contributed by atoms with van der Waals surface area (Å²) in [5.74, 6) is -1.35. The van der Waals surface area contributed by atoms with Crippen LogP contribution in [0.4, 0.5) is 0 Å². The molecule has 116 valence electrons. The number of hydrogen-bond acceptors (Lipinski definition) is 4. The molecule has 1 saturated heterocycles. The summed E-state index contributed by atoms with van der Waals surface area (Å²) in [6, 6.07) is 0.874. The Bertz CT molecular complexity index is 807. The Kier molecular flexibility index (Phi) is 3.44. The standard InChI is InChI=1S/C14H16N4O4/c1-8-9(13(20)18-11(16-8)4-5-15-18)7-12(19)17-6-2-3-10(17)14(21)22/h4-5,10,15H,2-3,6-7H2,1H3,(H,21,22)/t10-/m1/s1. The van der Waals surface area contributed by atoms with Crippen molar-refractivity contribution in [1.82, 2.24) is 19.5 Å². The molecule has 0 spiro atoms. The second kappa shape index (κ2) is 5.28. The van der Waals surface area contributed by atoms with Gasteiger partial charge in [0, 0.05) is 30.1 Å². The average Bonchev–Trinajstić information content (AvgIpc) is 3.11. The molecule has 0 unspecified atom stereocenters. The van der Waals surface area contributed by atoms with E-state index in [1.165, 1.54) is 9.42 Å². The first-order valence-corrected chi connectivity index (χ1v) is 7.07. The lowest BCUT2D eigenvalue weighted by Gasteiger charge is -2.21. The lowest BCUT2D eigenvalue weighted by atomic mass is 10.1. The number of carbonyl (C=O) groups excluding carboxylic acids is 1. The normalized spacial score (nSPS) is 18.0. The second-order valence-electron chi connectivity index (χ2n) is 5.40. The van der Waals surface area contributed by atoms with Crippen molar-refractivity contribution in [2.45, 2.75) is 32.2 Å². The lowest BCUT2D eigenvalue weighted by Crippen LogP contribution is -2.42. The van der Waals surface area contributed by atoms with E-state index in [-0.39, 0.29) is 17.9 Å². The molecule has 0 bridgehead atoms. The van der Waals surface area contributed by atoms with Gasteiger partial charge in [-0.3, -0.25) is 14.7 Å². The van der Waals surface area contributed by atoms with Gasteiger partial charge in [-0.05, 0) is 19.8 Å². The van der Waals surface area contributed by atoms with Gasteiger partial charge in [0.05, 0.1) is 6.42 Å². The number of nitrogens with one attached hydrogen (secondary N) is 1. The Balaban J connectivity index is 1.91. The van der Waals surface area contributed by atoms with Crippen LogP contribution in [0, 0.1) is 6.92 Å². The first-order valence-electron chi connectivity index (χ1n) is 7.07. The number of aromatic nitrogens is 3. The molecule has 0 saturated carbocycles. The molecule has 0 radical (unpaired) electrons. The Morgan fingerprint density at radius 1 is 1.50 bits per heavy atom. The van der Waals surface area contributed by atoms with Crippen LogP contribution in [-0.4, -0.2) is 49.1 Å². The van der Waals surface area contributed by atoms with Gasteiger partial charge in [-0.25, -0.2) is 14.3 Å². The number of aromatic amines is 1. The van der Waals surface area contributed by atoms with Crippen molar-refractivity contribution in [1.29, 1.82) is 0 Å². The minimum absolute atomic E-state index is 0.136. The molecule has 8 nitrogen and oxygen atoms in total. The number of carboxylic acid groups (broad SMARTS) is 1. The summed E-state index contributed by atoms with van der Waals surface area (Å²) in [5, 5.41) is 11.9. The molecule has 8 heteroatoms. The van der Waals surface area contributed by atoms with Crippen LogP contribution in [0.1, 0.15) is 24.1 Å². The summed E-state index contributed by atoms with van der Waals surface area (Å²) in [4.78, 5) is 41.5. The average molecular weight is 304 g/mol. The summed E-state index contributed by atoms with van der Waals surface area (Å²) in [6.45, 7) is 2.09. The monoisotopic (exact) mass is 304 g/mol. The predicted octanol–water partition coefficient (Wildman–Crippen LogP) is -0.0509. The van der Waals surface area contributed by atoms with Gasteiger partial charge in [-0.15, -0.1) is 0 Å². The molecule has 2 N–H and O–H groups in total. The quantitative estimate of drug-likeness (QED) is 0.826. The zero-order valence-electron chi connectivity index (χ0n) is 12.1. The molecule has 1 fully saturated rings. The van der Waals surface area contributed by atoms with Crippen molar-refractivity contribution < 1.29 is 14.7 Å². The topological polar surface area (TPSA) is 108 Å². The smallest absolute Gasteiger partial charge is 0.326 e. The van der Waals surface area contributed by atoms with E-state index in [9.17, 15) is 14.4 Å². The van der Waals surface area contributed by atoms with E-state index in [0.29, 0.717) is 36.3 Å². The number of rotatable bonds is 3. The molecule has 0 aliphatic carbocycles. The fraction of sp³-hybridized carbons (Fsp3) is 0.429. The van der Waals surface area contributed by atoms with E-state index >= 15 is 0 Å². The fourth-order valence-electron chi connectivity index (χ4n) is 2.88. The van der Waals surface area contributed by atoms with Gasteiger partial charge in [-0.2, -0.15) is 0 Å². The van der Waals surface area contributed by atoms with Crippen molar-refractivity contribution in [3.8, 4) is 0 Å². The summed E-state index contributed by atoms with van der Waals surface area (Å²) in [7, 11) is 0. The summed E-state index contributed by atoms with van der Waals surface area (Å²) in [5.41, 5.74) is 0.945. The lowest BCUT2D eigenvalue weighted by molar-refractivity contribution is -0.148. The third-order valence-corrected chi connectivity index (χ3v) is 4.03. The molecule has 1 atom stereocenters.